The van der Waals surface area contributed by atoms with Gasteiger partial charge >= 0.3 is 0 Å². The number of para-hydroxylation sites is 1. The summed E-state index contributed by atoms with van der Waals surface area (Å²) in [4.78, 5) is 7.16. The molecule has 1 aliphatic rings. The number of benzene rings is 1. The highest BCUT2D eigenvalue weighted by Gasteiger charge is 2.10. The number of rotatable bonds is 5. The van der Waals surface area contributed by atoms with Crippen LogP contribution in [0.3, 0.4) is 0 Å². The molecule has 0 atom stereocenters. The maximum Gasteiger partial charge on any atom is 0.108 e. The van der Waals surface area contributed by atoms with Crippen LogP contribution in [0.25, 0.3) is 10.2 Å². The van der Waals surface area contributed by atoms with Crippen molar-refractivity contribution < 1.29 is 0 Å². The van der Waals surface area contributed by atoms with Crippen LogP contribution in [0.5, 0.6) is 0 Å². The number of nitrogens with one attached hydrogen (secondary N) is 1. The van der Waals surface area contributed by atoms with Crippen molar-refractivity contribution in [3.63, 3.8) is 0 Å². The molecular formula is C14H19N3S. The van der Waals surface area contributed by atoms with Gasteiger partial charge in [-0.15, -0.1) is 11.3 Å². The van der Waals surface area contributed by atoms with Crippen LogP contribution in [-0.2, 0) is 6.54 Å². The predicted octanol–water partition coefficient (Wildman–Crippen LogP) is 2.48. The summed E-state index contributed by atoms with van der Waals surface area (Å²) >= 11 is 1.79. The van der Waals surface area contributed by atoms with Crippen molar-refractivity contribution in [1.29, 1.82) is 0 Å². The van der Waals surface area contributed by atoms with Crippen molar-refractivity contribution in [1.82, 2.24) is 15.2 Å². The van der Waals surface area contributed by atoms with E-state index < -0.39 is 0 Å². The molecule has 1 N–H and O–H groups in total. The zero-order chi connectivity index (χ0) is 12.2. The van der Waals surface area contributed by atoms with Gasteiger partial charge in [0.1, 0.15) is 5.01 Å². The molecule has 1 fully saturated rings. The average Bonchev–Trinajstić information content (AvgIpc) is 3.03. The number of hydrogen-bond donors (Lipinski definition) is 1. The summed E-state index contributed by atoms with van der Waals surface area (Å²) in [5.41, 5.74) is 1.12. The zero-order valence-electron chi connectivity index (χ0n) is 10.6. The fourth-order valence-corrected chi connectivity index (χ4v) is 3.37. The molecule has 0 unspecified atom stereocenters. The second kappa shape index (κ2) is 5.78. The van der Waals surface area contributed by atoms with Gasteiger partial charge in [0.25, 0.3) is 0 Å². The van der Waals surface area contributed by atoms with Gasteiger partial charge in [-0.2, -0.15) is 0 Å². The standard InChI is InChI=1S/C14H19N3S/c1-2-6-13-12(5-1)16-14(18-13)11-15-7-10-17-8-3-4-9-17/h1-2,5-6,15H,3-4,7-11H2. The summed E-state index contributed by atoms with van der Waals surface area (Å²) in [7, 11) is 0. The van der Waals surface area contributed by atoms with Crippen LogP contribution < -0.4 is 5.32 Å². The Labute approximate surface area is 112 Å². The normalized spacial score (nSPS) is 16.7. The molecule has 3 nitrogen and oxygen atoms in total. The maximum absolute atomic E-state index is 4.62. The second-order valence-electron chi connectivity index (χ2n) is 4.80. The molecular weight excluding hydrogens is 242 g/mol. The van der Waals surface area contributed by atoms with Crippen molar-refractivity contribution in [2.24, 2.45) is 0 Å². The first-order chi connectivity index (χ1) is 8.92. The number of likely N-dealkylation sites (tertiary alicyclic amines) is 1. The largest absolute Gasteiger partial charge is 0.309 e. The first-order valence-electron chi connectivity index (χ1n) is 6.69. The van der Waals surface area contributed by atoms with Crippen LogP contribution in [0.1, 0.15) is 17.8 Å². The molecule has 3 rings (SSSR count). The Morgan fingerprint density at radius 1 is 1.22 bits per heavy atom. The van der Waals surface area contributed by atoms with Crippen LogP contribution in [0, 0.1) is 0 Å². The number of hydrogen-bond acceptors (Lipinski definition) is 4. The minimum absolute atomic E-state index is 0.896. The Morgan fingerprint density at radius 2 is 2.06 bits per heavy atom. The Bertz CT molecular complexity index is 469. The van der Waals surface area contributed by atoms with Crippen molar-refractivity contribution >= 4 is 21.6 Å². The van der Waals surface area contributed by atoms with E-state index in [1.54, 1.807) is 11.3 Å². The molecule has 0 radical (unpaired) electrons. The fourth-order valence-electron chi connectivity index (χ4n) is 2.43. The summed E-state index contributed by atoms with van der Waals surface area (Å²) in [6, 6.07) is 8.35. The minimum atomic E-state index is 0.896. The highest BCUT2D eigenvalue weighted by molar-refractivity contribution is 7.18. The van der Waals surface area contributed by atoms with Crippen molar-refractivity contribution in [3.8, 4) is 0 Å². The van der Waals surface area contributed by atoms with E-state index >= 15 is 0 Å². The monoisotopic (exact) mass is 261 g/mol. The third-order valence-corrected chi connectivity index (χ3v) is 4.45. The first-order valence-corrected chi connectivity index (χ1v) is 7.51. The lowest BCUT2D eigenvalue weighted by atomic mass is 10.3. The molecule has 1 saturated heterocycles. The third-order valence-electron chi connectivity index (χ3n) is 3.42. The predicted molar refractivity (Wildman–Crippen MR) is 77.0 cm³/mol. The second-order valence-corrected chi connectivity index (χ2v) is 5.92. The molecule has 1 aromatic heterocycles. The number of nitrogens with zero attached hydrogens (tertiary/aromatic N) is 2. The van der Waals surface area contributed by atoms with Gasteiger partial charge in [0.05, 0.1) is 10.2 Å². The molecule has 0 spiro atoms. The van der Waals surface area contributed by atoms with E-state index in [2.05, 4.69) is 33.4 Å². The maximum atomic E-state index is 4.62. The van der Waals surface area contributed by atoms with E-state index in [9.17, 15) is 0 Å². The molecule has 18 heavy (non-hydrogen) atoms. The van der Waals surface area contributed by atoms with Crippen LogP contribution >= 0.6 is 11.3 Å². The van der Waals surface area contributed by atoms with Crippen molar-refractivity contribution in [3.05, 3.63) is 29.3 Å². The molecule has 96 valence electrons. The van der Waals surface area contributed by atoms with Crippen LogP contribution in [0.15, 0.2) is 24.3 Å². The van der Waals surface area contributed by atoms with Gasteiger partial charge in [0.2, 0.25) is 0 Å². The molecule has 2 aromatic rings. The molecule has 1 aliphatic heterocycles. The molecule has 0 aliphatic carbocycles. The zero-order valence-corrected chi connectivity index (χ0v) is 11.4. The van der Waals surface area contributed by atoms with E-state index in [1.165, 1.54) is 42.2 Å². The molecule has 0 amide bonds. The molecule has 1 aromatic carbocycles. The van der Waals surface area contributed by atoms with Gasteiger partial charge in [-0.25, -0.2) is 4.98 Å². The van der Waals surface area contributed by atoms with Crippen LogP contribution in [-0.4, -0.2) is 36.1 Å². The van der Waals surface area contributed by atoms with Gasteiger partial charge in [-0.1, -0.05) is 12.1 Å². The van der Waals surface area contributed by atoms with Gasteiger partial charge in [0, 0.05) is 19.6 Å². The molecule has 0 saturated carbocycles. The van der Waals surface area contributed by atoms with E-state index in [4.69, 9.17) is 0 Å². The van der Waals surface area contributed by atoms with E-state index in [0.29, 0.717) is 0 Å². The van der Waals surface area contributed by atoms with E-state index in [0.717, 1.165) is 18.6 Å². The van der Waals surface area contributed by atoms with E-state index in [1.807, 2.05) is 6.07 Å². The highest BCUT2D eigenvalue weighted by atomic mass is 32.1. The first kappa shape index (κ1) is 12.1. The Hall–Kier alpha value is -0.970. The molecule has 4 heteroatoms. The average molecular weight is 261 g/mol. The summed E-state index contributed by atoms with van der Waals surface area (Å²) < 4.78 is 1.29. The van der Waals surface area contributed by atoms with Gasteiger partial charge in [0.15, 0.2) is 0 Å². The minimum Gasteiger partial charge on any atom is -0.309 e. The smallest absolute Gasteiger partial charge is 0.108 e. The number of fused-ring (bicyclic) bond motifs is 1. The van der Waals surface area contributed by atoms with Crippen LogP contribution in [0.2, 0.25) is 0 Å². The topological polar surface area (TPSA) is 28.2 Å². The highest BCUT2D eigenvalue weighted by Crippen LogP contribution is 2.21. The third kappa shape index (κ3) is 2.88. The summed E-state index contributed by atoms with van der Waals surface area (Å²) in [5.74, 6) is 0. The Morgan fingerprint density at radius 3 is 2.89 bits per heavy atom. The van der Waals surface area contributed by atoms with Gasteiger partial charge in [-0.05, 0) is 38.1 Å². The van der Waals surface area contributed by atoms with Gasteiger partial charge in [-0.3, -0.25) is 0 Å². The Kier molecular flexibility index (Phi) is 3.88. The number of aromatic nitrogens is 1. The summed E-state index contributed by atoms with van der Waals surface area (Å²) in [6.07, 6.45) is 2.75. The van der Waals surface area contributed by atoms with E-state index in [-0.39, 0.29) is 0 Å². The van der Waals surface area contributed by atoms with Crippen molar-refractivity contribution in [2.75, 3.05) is 26.2 Å². The lowest BCUT2D eigenvalue weighted by molar-refractivity contribution is 0.335. The van der Waals surface area contributed by atoms with Crippen molar-refractivity contribution in [2.45, 2.75) is 19.4 Å². The van der Waals surface area contributed by atoms with Gasteiger partial charge < -0.3 is 10.2 Å². The molecule has 2 heterocycles. The summed E-state index contributed by atoms with van der Waals surface area (Å²) in [6.45, 7) is 5.69. The lowest BCUT2D eigenvalue weighted by Gasteiger charge is -2.14. The molecule has 0 bridgehead atoms. The SMILES string of the molecule is c1ccc2sc(CNCCN3CCCC3)nc2c1. The fraction of sp³-hybridized carbons (Fsp3) is 0.500. The number of thiazole rings is 1. The lowest BCUT2D eigenvalue weighted by Crippen LogP contribution is -2.29. The quantitative estimate of drug-likeness (QED) is 0.838. The Balaban J connectivity index is 1.47. The van der Waals surface area contributed by atoms with Crippen LogP contribution in [0.4, 0.5) is 0 Å². The summed E-state index contributed by atoms with van der Waals surface area (Å²) in [5, 5.41) is 4.69.